The normalized spacial score (nSPS) is 21.7. The molecule has 0 radical (unpaired) electrons. The molecule has 0 aliphatic carbocycles. The van der Waals surface area contributed by atoms with Crippen molar-refractivity contribution in [2.45, 2.75) is 25.7 Å². The van der Waals surface area contributed by atoms with Crippen molar-refractivity contribution in [3.05, 3.63) is 0 Å². The van der Waals surface area contributed by atoms with Crippen molar-refractivity contribution in [1.82, 2.24) is 5.06 Å². The van der Waals surface area contributed by atoms with Crippen LogP contribution < -0.4 is 0 Å². The number of nitrogens with zero attached hydrogens (tertiary/aromatic N) is 1. The molecule has 6 heteroatoms. The van der Waals surface area contributed by atoms with Gasteiger partial charge in [-0.05, 0) is 13.8 Å². The molecule has 1 rings (SSSR count). The zero-order chi connectivity index (χ0) is 8.86. The van der Waals surface area contributed by atoms with E-state index in [1.165, 1.54) is 13.8 Å². The Morgan fingerprint density at radius 1 is 1.45 bits per heavy atom. The fourth-order valence-corrected chi connectivity index (χ4v) is 0.604. The number of halogens is 3. The molecule has 64 valence electrons. The van der Waals surface area contributed by atoms with Gasteiger partial charge in [-0.2, -0.15) is 18.2 Å². The number of hydrogen-bond acceptors (Lipinski definition) is 2. The standard InChI is InChI=1S/C5H6F3NO2/c1-4(2)9(11-4)3(10)5(6,7)8/h1-2H3. The van der Waals surface area contributed by atoms with E-state index in [0.717, 1.165) is 0 Å². The molecule has 1 amide bonds. The van der Waals surface area contributed by atoms with Crippen molar-refractivity contribution in [1.29, 1.82) is 0 Å². The van der Waals surface area contributed by atoms with Crippen LogP contribution in [0, 0.1) is 0 Å². The second-order valence-electron chi connectivity index (χ2n) is 2.64. The lowest BCUT2D eigenvalue weighted by Gasteiger charge is -2.03. The van der Waals surface area contributed by atoms with Gasteiger partial charge in [0.1, 0.15) is 0 Å². The molecule has 1 saturated heterocycles. The van der Waals surface area contributed by atoms with E-state index in [1.807, 2.05) is 0 Å². The molecule has 0 unspecified atom stereocenters. The maximum Gasteiger partial charge on any atom is 0.473 e. The van der Waals surface area contributed by atoms with Crippen LogP contribution in [0.3, 0.4) is 0 Å². The third-order valence-electron chi connectivity index (χ3n) is 1.20. The third-order valence-corrected chi connectivity index (χ3v) is 1.20. The first-order valence-electron chi connectivity index (χ1n) is 2.85. The molecule has 0 bridgehead atoms. The van der Waals surface area contributed by atoms with Gasteiger partial charge in [-0.15, -0.1) is 0 Å². The summed E-state index contributed by atoms with van der Waals surface area (Å²) < 4.78 is 34.8. The molecule has 0 aromatic heterocycles. The molecule has 3 nitrogen and oxygen atoms in total. The zero-order valence-corrected chi connectivity index (χ0v) is 5.90. The first-order chi connectivity index (χ1) is 4.75. The van der Waals surface area contributed by atoms with Gasteiger partial charge in [0.05, 0.1) is 0 Å². The lowest BCUT2D eigenvalue weighted by molar-refractivity contribution is -0.186. The van der Waals surface area contributed by atoms with E-state index in [4.69, 9.17) is 0 Å². The van der Waals surface area contributed by atoms with Crippen LogP contribution in [-0.4, -0.2) is 22.9 Å². The fourth-order valence-electron chi connectivity index (χ4n) is 0.604. The first kappa shape index (κ1) is 8.32. The van der Waals surface area contributed by atoms with Gasteiger partial charge in [-0.1, -0.05) is 0 Å². The Kier molecular flexibility index (Phi) is 1.42. The summed E-state index contributed by atoms with van der Waals surface area (Å²) in [7, 11) is 0. The van der Waals surface area contributed by atoms with Gasteiger partial charge in [0.2, 0.25) is 0 Å². The molecule has 11 heavy (non-hydrogen) atoms. The largest absolute Gasteiger partial charge is 0.473 e. The molecule has 0 aromatic rings. The molecule has 1 heterocycles. The summed E-state index contributed by atoms with van der Waals surface area (Å²) in [6.45, 7) is 2.74. The first-order valence-corrected chi connectivity index (χ1v) is 2.85. The summed E-state index contributed by atoms with van der Waals surface area (Å²) in [4.78, 5) is 14.7. The van der Waals surface area contributed by atoms with Crippen LogP contribution in [0.25, 0.3) is 0 Å². The topological polar surface area (TPSA) is 32.6 Å². The van der Waals surface area contributed by atoms with Gasteiger partial charge in [0.25, 0.3) is 0 Å². The van der Waals surface area contributed by atoms with Crippen LogP contribution in [0.4, 0.5) is 13.2 Å². The highest BCUT2D eigenvalue weighted by Gasteiger charge is 2.58. The van der Waals surface area contributed by atoms with Gasteiger partial charge in [-0.25, -0.2) is 4.84 Å². The Morgan fingerprint density at radius 3 is 1.91 bits per heavy atom. The predicted molar refractivity (Wildman–Crippen MR) is 28.1 cm³/mol. The summed E-state index contributed by atoms with van der Waals surface area (Å²) in [5.74, 6) is -1.96. The second-order valence-corrected chi connectivity index (χ2v) is 2.64. The van der Waals surface area contributed by atoms with E-state index in [-0.39, 0.29) is 0 Å². The van der Waals surface area contributed by atoms with E-state index < -0.39 is 17.8 Å². The monoisotopic (exact) mass is 169 g/mol. The number of hydroxylamine groups is 2. The quantitative estimate of drug-likeness (QED) is 0.508. The summed E-state index contributed by atoms with van der Waals surface area (Å²) in [6, 6.07) is 0. The minimum Gasteiger partial charge on any atom is -0.262 e. The Hall–Kier alpha value is -0.780. The molecule has 1 aliphatic rings. The Morgan fingerprint density at radius 2 is 1.82 bits per heavy atom. The number of alkyl halides is 3. The third kappa shape index (κ3) is 1.45. The molecular weight excluding hydrogens is 163 g/mol. The number of carbonyl (C=O) groups excluding carboxylic acids is 1. The van der Waals surface area contributed by atoms with Crippen LogP contribution in [0.2, 0.25) is 0 Å². The molecule has 1 aliphatic heterocycles. The lowest BCUT2D eigenvalue weighted by atomic mass is 10.3. The van der Waals surface area contributed by atoms with Crippen LogP contribution in [0.1, 0.15) is 13.8 Å². The zero-order valence-electron chi connectivity index (χ0n) is 5.90. The van der Waals surface area contributed by atoms with Gasteiger partial charge < -0.3 is 0 Å². The Labute approximate surface area is 60.7 Å². The van der Waals surface area contributed by atoms with Gasteiger partial charge >= 0.3 is 12.1 Å². The smallest absolute Gasteiger partial charge is 0.262 e. The molecular formula is C5H6F3NO2. The molecule has 0 aromatic carbocycles. The maximum atomic E-state index is 11.6. The maximum absolute atomic E-state index is 11.6. The van der Waals surface area contributed by atoms with Crippen LogP contribution in [0.5, 0.6) is 0 Å². The van der Waals surface area contributed by atoms with Crippen molar-refractivity contribution in [2.75, 3.05) is 0 Å². The van der Waals surface area contributed by atoms with Gasteiger partial charge in [0, 0.05) is 0 Å². The Bertz CT molecular complexity index is 198. The van der Waals surface area contributed by atoms with Crippen molar-refractivity contribution in [3.63, 3.8) is 0 Å². The minimum atomic E-state index is -4.84. The van der Waals surface area contributed by atoms with Crippen molar-refractivity contribution >= 4 is 5.91 Å². The SMILES string of the molecule is CC1(C)ON1C(=O)C(F)(F)F. The fraction of sp³-hybridized carbons (Fsp3) is 0.800. The van der Waals surface area contributed by atoms with E-state index in [9.17, 15) is 18.0 Å². The molecule has 0 atom stereocenters. The van der Waals surface area contributed by atoms with E-state index in [2.05, 4.69) is 4.84 Å². The van der Waals surface area contributed by atoms with E-state index in [0.29, 0.717) is 5.06 Å². The summed E-state index contributed by atoms with van der Waals surface area (Å²) >= 11 is 0. The van der Waals surface area contributed by atoms with E-state index >= 15 is 0 Å². The summed E-state index contributed by atoms with van der Waals surface area (Å²) in [6.07, 6.45) is -4.84. The second kappa shape index (κ2) is 1.88. The van der Waals surface area contributed by atoms with Gasteiger partial charge in [0.15, 0.2) is 5.72 Å². The number of carbonyl (C=O) groups is 1. The van der Waals surface area contributed by atoms with Crippen molar-refractivity contribution in [3.8, 4) is 0 Å². The summed E-state index contributed by atoms with van der Waals surface area (Å²) in [5, 5.41) is 0.299. The molecule has 0 spiro atoms. The lowest BCUT2D eigenvalue weighted by Crippen LogP contribution is -2.32. The molecule has 0 saturated carbocycles. The molecule has 1 fully saturated rings. The average Bonchev–Trinajstić information content (AvgIpc) is 2.36. The van der Waals surface area contributed by atoms with Crippen molar-refractivity contribution in [2.24, 2.45) is 0 Å². The van der Waals surface area contributed by atoms with Crippen LogP contribution in [0.15, 0.2) is 0 Å². The Balaban J connectivity index is 2.60. The van der Waals surface area contributed by atoms with Crippen molar-refractivity contribution < 1.29 is 22.8 Å². The van der Waals surface area contributed by atoms with E-state index in [1.54, 1.807) is 0 Å². The number of hydrogen-bond donors (Lipinski definition) is 0. The predicted octanol–water partition coefficient (Wildman–Crippen LogP) is 1.06. The number of amides is 1. The average molecular weight is 169 g/mol. The highest BCUT2D eigenvalue weighted by molar-refractivity contribution is 5.82. The highest BCUT2D eigenvalue weighted by atomic mass is 19.4. The number of rotatable bonds is 0. The minimum absolute atomic E-state index is 0.299. The molecule has 0 N–H and O–H groups in total. The highest BCUT2D eigenvalue weighted by Crippen LogP contribution is 2.37. The van der Waals surface area contributed by atoms with Crippen LogP contribution >= 0.6 is 0 Å². The van der Waals surface area contributed by atoms with Gasteiger partial charge in [-0.3, -0.25) is 4.79 Å². The summed E-state index contributed by atoms with van der Waals surface area (Å²) in [5.41, 5.74) is -1.09. The van der Waals surface area contributed by atoms with Crippen LogP contribution in [-0.2, 0) is 9.63 Å².